The third-order valence-corrected chi connectivity index (χ3v) is 3.31. The van der Waals surface area contributed by atoms with Gasteiger partial charge in [-0.05, 0) is 47.9 Å². The molecule has 0 N–H and O–H groups in total. The molecule has 0 bridgehead atoms. The maximum absolute atomic E-state index is 5.50. The standard InChI is InChI=1S/C21H22O2/c1-4-14-22-20-10-6-18(7-11-20)16-17(3)19-8-12-21(13-9-19)23-15-5-2/h4-13,16H,1-2,14-15H2,3H3. The van der Waals surface area contributed by atoms with E-state index in [0.717, 1.165) is 17.1 Å². The number of rotatable bonds is 8. The Bertz CT molecular complexity index is 664. The third kappa shape index (κ3) is 5.19. The molecule has 0 aliphatic carbocycles. The summed E-state index contributed by atoms with van der Waals surface area (Å²) in [6, 6.07) is 16.1. The second kappa shape index (κ2) is 8.64. The summed E-state index contributed by atoms with van der Waals surface area (Å²) in [4.78, 5) is 0. The Labute approximate surface area is 138 Å². The lowest BCUT2D eigenvalue weighted by molar-refractivity contribution is 0.363. The van der Waals surface area contributed by atoms with Gasteiger partial charge in [-0.15, -0.1) is 0 Å². The monoisotopic (exact) mass is 306 g/mol. The molecule has 0 atom stereocenters. The van der Waals surface area contributed by atoms with Crippen LogP contribution in [0.1, 0.15) is 18.1 Å². The topological polar surface area (TPSA) is 18.5 Å². The van der Waals surface area contributed by atoms with Crippen molar-refractivity contribution in [1.82, 2.24) is 0 Å². The fourth-order valence-electron chi connectivity index (χ4n) is 2.12. The summed E-state index contributed by atoms with van der Waals surface area (Å²) in [5.74, 6) is 1.70. The summed E-state index contributed by atoms with van der Waals surface area (Å²) in [6.07, 6.45) is 5.62. The molecule has 0 heterocycles. The van der Waals surface area contributed by atoms with Crippen LogP contribution in [0.4, 0.5) is 0 Å². The highest BCUT2D eigenvalue weighted by Gasteiger charge is 1.99. The van der Waals surface area contributed by atoms with Gasteiger partial charge in [-0.2, -0.15) is 0 Å². The van der Waals surface area contributed by atoms with E-state index in [1.54, 1.807) is 12.2 Å². The fourth-order valence-corrected chi connectivity index (χ4v) is 2.12. The maximum Gasteiger partial charge on any atom is 0.119 e. The Hall–Kier alpha value is -2.74. The predicted molar refractivity (Wildman–Crippen MR) is 97.8 cm³/mol. The van der Waals surface area contributed by atoms with Crippen molar-refractivity contribution >= 4 is 11.6 Å². The van der Waals surface area contributed by atoms with Gasteiger partial charge < -0.3 is 9.47 Å². The highest BCUT2D eigenvalue weighted by Crippen LogP contribution is 2.22. The molecule has 0 spiro atoms. The van der Waals surface area contributed by atoms with E-state index in [1.807, 2.05) is 36.4 Å². The Balaban J connectivity index is 2.06. The summed E-state index contributed by atoms with van der Waals surface area (Å²) < 4.78 is 11.0. The minimum Gasteiger partial charge on any atom is -0.490 e. The van der Waals surface area contributed by atoms with Gasteiger partial charge in [0.1, 0.15) is 24.7 Å². The molecule has 0 radical (unpaired) electrons. The van der Waals surface area contributed by atoms with E-state index in [4.69, 9.17) is 9.47 Å². The molecular formula is C21H22O2. The first-order chi connectivity index (χ1) is 11.2. The van der Waals surface area contributed by atoms with E-state index in [1.165, 1.54) is 11.1 Å². The summed E-state index contributed by atoms with van der Waals surface area (Å²) in [7, 11) is 0. The highest BCUT2D eigenvalue weighted by atomic mass is 16.5. The van der Waals surface area contributed by atoms with Crippen LogP contribution in [0.3, 0.4) is 0 Å². The average molecular weight is 306 g/mol. The zero-order valence-electron chi connectivity index (χ0n) is 13.5. The van der Waals surface area contributed by atoms with Crippen LogP contribution in [-0.2, 0) is 0 Å². The van der Waals surface area contributed by atoms with Gasteiger partial charge in [-0.3, -0.25) is 0 Å². The molecule has 2 aromatic carbocycles. The molecule has 0 saturated heterocycles. The summed E-state index contributed by atoms with van der Waals surface area (Å²) in [5, 5.41) is 0. The molecule has 23 heavy (non-hydrogen) atoms. The summed E-state index contributed by atoms with van der Waals surface area (Å²) in [5.41, 5.74) is 3.50. The van der Waals surface area contributed by atoms with E-state index < -0.39 is 0 Å². The molecule has 0 aromatic heterocycles. The zero-order valence-corrected chi connectivity index (χ0v) is 13.5. The van der Waals surface area contributed by atoms with Crippen molar-refractivity contribution in [3.63, 3.8) is 0 Å². The van der Waals surface area contributed by atoms with Crippen LogP contribution in [0.5, 0.6) is 11.5 Å². The minimum absolute atomic E-state index is 0.522. The van der Waals surface area contributed by atoms with Gasteiger partial charge in [-0.25, -0.2) is 0 Å². The molecule has 0 amide bonds. The predicted octanol–water partition coefficient (Wildman–Crippen LogP) is 5.38. The molecule has 0 aliphatic heterocycles. The minimum atomic E-state index is 0.522. The molecule has 2 nitrogen and oxygen atoms in total. The molecule has 0 aliphatic rings. The van der Waals surface area contributed by atoms with E-state index in [0.29, 0.717) is 13.2 Å². The Morgan fingerprint density at radius 1 is 0.826 bits per heavy atom. The van der Waals surface area contributed by atoms with Crippen molar-refractivity contribution < 1.29 is 9.47 Å². The number of hydrogen-bond acceptors (Lipinski definition) is 2. The first-order valence-corrected chi connectivity index (χ1v) is 7.59. The first kappa shape index (κ1) is 16.6. The summed E-state index contributed by atoms with van der Waals surface area (Å²) in [6.45, 7) is 10.4. The highest BCUT2D eigenvalue weighted by molar-refractivity contribution is 5.80. The molecule has 2 rings (SSSR count). The second-order valence-corrected chi connectivity index (χ2v) is 5.12. The van der Waals surface area contributed by atoms with Crippen molar-refractivity contribution in [3.8, 4) is 11.5 Å². The molecule has 2 aromatic rings. The van der Waals surface area contributed by atoms with Crippen LogP contribution in [0.2, 0.25) is 0 Å². The van der Waals surface area contributed by atoms with Crippen molar-refractivity contribution in [2.45, 2.75) is 6.92 Å². The van der Waals surface area contributed by atoms with Gasteiger partial charge in [0.25, 0.3) is 0 Å². The van der Waals surface area contributed by atoms with Crippen LogP contribution >= 0.6 is 0 Å². The van der Waals surface area contributed by atoms with Crippen molar-refractivity contribution in [1.29, 1.82) is 0 Å². The van der Waals surface area contributed by atoms with E-state index in [-0.39, 0.29) is 0 Å². The van der Waals surface area contributed by atoms with Crippen LogP contribution in [0.25, 0.3) is 11.6 Å². The van der Waals surface area contributed by atoms with Gasteiger partial charge in [0.05, 0.1) is 0 Å². The Kier molecular flexibility index (Phi) is 6.25. The molecule has 0 unspecified atom stereocenters. The summed E-state index contributed by atoms with van der Waals surface area (Å²) >= 11 is 0. The zero-order chi connectivity index (χ0) is 16.5. The van der Waals surface area contributed by atoms with Gasteiger partial charge in [0.15, 0.2) is 0 Å². The molecular weight excluding hydrogens is 284 g/mol. The van der Waals surface area contributed by atoms with E-state index in [2.05, 4.69) is 38.3 Å². The number of ether oxygens (including phenoxy) is 2. The SMILES string of the molecule is C=CCOc1ccc(C=C(C)c2ccc(OCC=C)cc2)cc1. The maximum atomic E-state index is 5.50. The lowest BCUT2D eigenvalue weighted by Gasteiger charge is -2.06. The van der Waals surface area contributed by atoms with Crippen LogP contribution in [-0.4, -0.2) is 13.2 Å². The van der Waals surface area contributed by atoms with Crippen molar-refractivity contribution in [2.75, 3.05) is 13.2 Å². The smallest absolute Gasteiger partial charge is 0.119 e. The molecule has 118 valence electrons. The quantitative estimate of drug-likeness (QED) is 0.482. The lowest BCUT2D eigenvalue weighted by Crippen LogP contribution is -1.92. The van der Waals surface area contributed by atoms with E-state index >= 15 is 0 Å². The number of allylic oxidation sites excluding steroid dienone is 1. The Morgan fingerprint density at radius 2 is 1.30 bits per heavy atom. The van der Waals surface area contributed by atoms with Gasteiger partial charge in [0.2, 0.25) is 0 Å². The van der Waals surface area contributed by atoms with Crippen molar-refractivity contribution in [2.24, 2.45) is 0 Å². The lowest BCUT2D eigenvalue weighted by atomic mass is 10.0. The van der Waals surface area contributed by atoms with Crippen LogP contribution < -0.4 is 9.47 Å². The fraction of sp³-hybridized carbons (Fsp3) is 0.143. The first-order valence-electron chi connectivity index (χ1n) is 7.59. The molecule has 0 fully saturated rings. The largest absolute Gasteiger partial charge is 0.490 e. The molecule has 0 saturated carbocycles. The number of benzene rings is 2. The average Bonchev–Trinajstić information content (AvgIpc) is 2.59. The van der Waals surface area contributed by atoms with Crippen LogP contribution in [0, 0.1) is 0 Å². The second-order valence-electron chi connectivity index (χ2n) is 5.12. The van der Waals surface area contributed by atoms with Crippen molar-refractivity contribution in [3.05, 3.63) is 85.0 Å². The van der Waals surface area contributed by atoms with Gasteiger partial charge in [0, 0.05) is 0 Å². The number of hydrogen-bond donors (Lipinski definition) is 0. The molecule has 2 heteroatoms. The van der Waals surface area contributed by atoms with E-state index in [9.17, 15) is 0 Å². The van der Waals surface area contributed by atoms with Gasteiger partial charge in [-0.1, -0.05) is 55.7 Å². The third-order valence-electron chi connectivity index (χ3n) is 3.31. The Morgan fingerprint density at radius 3 is 1.78 bits per heavy atom. The normalized spacial score (nSPS) is 10.9. The van der Waals surface area contributed by atoms with Gasteiger partial charge >= 0.3 is 0 Å². The van der Waals surface area contributed by atoms with Crippen LogP contribution in [0.15, 0.2) is 73.8 Å².